The van der Waals surface area contributed by atoms with E-state index in [1.165, 1.54) is 8.94 Å². The van der Waals surface area contributed by atoms with Gasteiger partial charge in [-0.25, -0.2) is 0 Å². The van der Waals surface area contributed by atoms with Gasteiger partial charge in [0, 0.05) is 0 Å². The first-order valence-electron chi connectivity index (χ1n) is 6.30. The number of hydrogen-bond donors (Lipinski definition) is 0. The molecule has 0 saturated heterocycles. The fourth-order valence-electron chi connectivity index (χ4n) is 3.04. The van der Waals surface area contributed by atoms with Crippen LogP contribution >= 0.6 is 0 Å². The van der Waals surface area contributed by atoms with Crippen molar-refractivity contribution < 1.29 is 0 Å². The molecule has 0 atom stereocenters. The van der Waals surface area contributed by atoms with Crippen LogP contribution < -0.4 is 0 Å². The average molecular weight is 236 g/mol. The molecular weight excluding hydrogens is 214 g/mol. The molecule has 0 spiro atoms. The van der Waals surface area contributed by atoms with E-state index in [2.05, 4.69) is 0 Å². The molecular formula is C12H22Ga. The fraction of sp³-hybridized carbons (Fsp3) is 1.00. The molecule has 0 aromatic rings. The van der Waals surface area contributed by atoms with E-state index in [0.29, 0.717) is 0 Å². The predicted molar refractivity (Wildman–Crippen MR) is 59.4 cm³/mol. The van der Waals surface area contributed by atoms with E-state index < -0.39 is 0 Å². The Labute approximate surface area is 90.6 Å². The van der Waals surface area contributed by atoms with Crippen LogP contribution in [0.4, 0.5) is 0 Å². The summed E-state index contributed by atoms with van der Waals surface area (Å²) in [6.45, 7) is 0. The molecule has 2 rings (SSSR count). The van der Waals surface area contributed by atoms with Crippen molar-refractivity contribution in [2.75, 3.05) is 0 Å². The van der Waals surface area contributed by atoms with Crippen molar-refractivity contribution in [3.63, 3.8) is 0 Å². The van der Waals surface area contributed by atoms with Gasteiger partial charge in [0.05, 0.1) is 0 Å². The van der Waals surface area contributed by atoms with Gasteiger partial charge in [0.1, 0.15) is 0 Å². The van der Waals surface area contributed by atoms with Crippen molar-refractivity contribution in [2.24, 2.45) is 0 Å². The van der Waals surface area contributed by atoms with Gasteiger partial charge < -0.3 is 0 Å². The van der Waals surface area contributed by atoms with Crippen molar-refractivity contribution in [3.8, 4) is 0 Å². The molecule has 1 heteroatoms. The summed E-state index contributed by atoms with van der Waals surface area (Å²) in [6.07, 6.45) is 15.8. The first kappa shape index (κ1) is 10.2. The Hall–Kier alpha value is 0.636. The van der Waals surface area contributed by atoms with Crippen LogP contribution in [0.25, 0.3) is 0 Å². The fourth-order valence-corrected chi connectivity index (χ4v) is 8.25. The summed E-state index contributed by atoms with van der Waals surface area (Å²) >= 11 is 0.162. The van der Waals surface area contributed by atoms with Gasteiger partial charge in [0.15, 0.2) is 0 Å². The molecule has 13 heavy (non-hydrogen) atoms. The minimum absolute atomic E-state index is 0.162. The van der Waals surface area contributed by atoms with E-state index in [-0.39, 0.29) is 17.4 Å². The first-order valence-corrected chi connectivity index (χ1v) is 9.10. The molecule has 0 bridgehead atoms. The summed E-state index contributed by atoms with van der Waals surface area (Å²) in [4.78, 5) is 0. The molecule has 73 valence electrons. The minimum atomic E-state index is 0.162. The number of hydrogen-bond acceptors (Lipinski definition) is 0. The van der Waals surface area contributed by atoms with Crippen LogP contribution in [-0.4, -0.2) is 17.4 Å². The van der Waals surface area contributed by atoms with Crippen LogP contribution in [0.15, 0.2) is 0 Å². The van der Waals surface area contributed by atoms with Crippen LogP contribution in [0.3, 0.4) is 0 Å². The first-order chi connectivity index (χ1) is 6.45. The quantitative estimate of drug-likeness (QED) is 0.630. The van der Waals surface area contributed by atoms with Crippen molar-refractivity contribution in [1.29, 1.82) is 0 Å². The summed E-state index contributed by atoms with van der Waals surface area (Å²) in [6, 6.07) is 0. The summed E-state index contributed by atoms with van der Waals surface area (Å²) in [5.41, 5.74) is 0. The van der Waals surface area contributed by atoms with Gasteiger partial charge in [-0.1, -0.05) is 0 Å². The number of rotatable bonds is 2. The van der Waals surface area contributed by atoms with Gasteiger partial charge >= 0.3 is 90.6 Å². The summed E-state index contributed by atoms with van der Waals surface area (Å²) < 4.78 is 2.56. The third kappa shape index (κ3) is 3.36. The molecule has 0 amide bonds. The second kappa shape index (κ2) is 5.50. The Balaban J connectivity index is 1.69. The Kier molecular flexibility index (Phi) is 4.30. The van der Waals surface area contributed by atoms with Gasteiger partial charge in [-0.2, -0.15) is 0 Å². The standard InChI is InChI=1S/2C6H11.Ga/c2*1-2-4-6-5-3-1;/h2*1H,2-6H2;. The molecule has 0 unspecified atom stereocenters. The zero-order valence-corrected chi connectivity index (χ0v) is 11.2. The molecule has 2 saturated carbocycles. The molecule has 2 fully saturated rings. The molecule has 0 N–H and O–H groups in total. The van der Waals surface area contributed by atoms with Gasteiger partial charge in [-0.3, -0.25) is 0 Å². The van der Waals surface area contributed by atoms with Crippen LogP contribution in [-0.2, 0) is 0 Å². The predicted octanol–water partition coefficient (Wildman–Crippen LogP) is 4.20. The monoisotopic (exact) mass is 235 g/mol. The second-order valence-electron chi connectivity index (χ2n) is 4.99. The van der Waals surface area contributed by atoms with Crippen molar-refractivity contribution in [2.45, 2.75) is 73.2 Å². The maximum absolute atomic E-state index is 1.62. The zero-order chi connectivity index (χ0) is 8.93. The van der Waals surface area contributed by atoms with E-state index >= 15 is 0 Å². The summed E-state index contributed by atoms with van der Waals surface area (Å²) in [7, 11) is 0. The van der Waals surface area contributed by atoms with Crippen molar-refractivity contribution in [3.05, 3.63) is 0 Å². The molecule has 2 aliphatic rings. The Bertz CT molecular complexity index is 116. The molecule has 0 heterocycles. The molecule has 0 aromatic carbocycles. The van der Waals surface area contributed by atoms with Crippen LogP contribution in [0.5, 0.6) is 0 Å². The van der Waals surface area contributed by atoms with E-state index in [9.17, 15) is 0 Å². The van der Waals surface area contributed by atoms with E-state index in [0.717, 1.165) is 0 Å². The van der Waals surface area contributed by atoms with Gasteiger partial charge in [0.2, 0.25) is 0 Å². The Morgan fingerprint density at radius 2 is 0.923 bits per heavy atom. The van der Waals surface area contributed by atoms with Gasteiger partial charge in [-0.15, -0.1) is 0 Å². The van der Waals surface area contributed by atoms with Gasteiger partial charge in [0.25, 0.3) is 0 Å². The summed E-state index contributed by atoms with van der Waals surface area (Å²) in [5, 5.41) is 0. The van der Waals surface area contributed by atoms with Crippen LogP contribution in [0, 0.1) is 0 Å². The zero-order valence-electron chi connectivity index (χ0n) is 8.80. The second-order valence-corrected chi connectivity index (χ2v) is 9.75. The normalized spacial score (nSPS) is 27.4. The van der Waals surface area contributed by atoms with E-state index in [1.807, 2.05) is 0 Å². The maximum atomic E-state index is 1.62. The molecule has 1 radical (unpaired) electrons. The summed E-state index contributed by atoms with van der Waals surface area (Å²) in [5.74, 6) is 0. The topological polar surface area (TPSA) is 0 Å². The van der Waals surface area contributed by atoms with E-state index in [1.54, 1.807) is 64.2 Å². The Morgan fingerprint density at radius 1 is 0.538 bits per heavy atom. The van der Waals surface area contributed by atoms with Crippen LogP contribution in [0.1, 0.15) is 64.2 Å². The third-order valence-electron chi connectivity index (χ3n) is 3.84. The van der Waals surface area contributed by atoms with Crippen LogP contribution in [0.2, 0.25) is 8.94 Å². The van der Waals surface area contributed by atoms with Gasteiger partial charge in [-0.05, 0) is 0 Å². The van der Waals surface area contributed by atoms with E-state index in [4.69, 9.17) is 0 Å². The molecule has 2 aliphatic carbocycles. The van der Waals surface area contributed by atoms with Crippen molar-refractivity contribution >= 4 is 17.4 Å². The Morgan fingerprint density at radius 3 is 1.31 bits per heavy atom. The molecule has 0 nitrogen and oxygen atoms in total. The molecule has 0 aromatic heterocycles. The molecule has 0 aliphatic heterocycles. The third-order valence-corrected chi connectivity index (χ3v) is 8.93. The van der Waals surface area contributed by atoms with Crippen molar-refractivity contribution in [1.82, 2.24) is 0 Å². The average Bonchev–Trinajstić information content (AvgIpc) is 2.21. The SMILES string of the molecule is C1CC[CH]([Ga][CH]2CCCCC2)CC1.